The Bertz CT molecular complexity index is 1130. The van der Waals surface area contributed by atoms with Crippen LogP contribution < -0.4 is 9.64 Å². The maximum absolute atomic E-state index is 13.5. The van der Waals surface area contributed by atoms with Gasteiger partial charge in [0.25, 0.3) is 5.91 Å². The number of fused-ring (bicyclic) bond motifs is 1. The van der Waals surface area contributed by atoms with Gasteiger partial charge in [-0.2, -0.15) is 5.10 Å². The van der Waals surface area contributed by atoms with Crippen LogP contribution >= 0.6 is 11.3 Å². The van der Waals surface area contributed by atoms with Gasteiger partial charge in [-0.15, -0.1) is 0 Å². The minimum atomic E-state index is -0.329. The number of ether oxygens (including phenoxy) is 1. The minimum Gasteiger partial charge on any atom is -0.484 e. The summed E-state index contributed by atoms with van der Waals surface area (Å²) in [6, 6.07) is 13.8. The Hall–Kier alpha value is -3.26. The standard InChI is InChI=1S/C21H19FN4O2S/c1-15-4-2-5-17(12-15)28-14-20(27)26(11-10-25-9-3-8-23-25)21-24-18-7-6-16(22)13-19(18)29-21/h2-9,12-13H,10-11,14H2,1H3. The number of hydrogen-bond donors (Lipinski definition) is 0. The second-order valence-corrected chi connectivity index (χ2v) is 7.54. The molecule has 0 atom stereocenters. The number of anilines is 1. The van der Waals surface area contributed by atoms with Crippen LogP contribution in [0.15, 0.2) is 60.9 Å². The summed E-state index contributed by atoms with van der Waals surface area (Å²) in [6.07, 6.45) is 3.52. The van der Waals surface area contributed by atoms with E-state index < -0.39 is 0 Å². The maximum Gasteiger partial charge on any atom is 0.266 e. The summed E-state index contributed by atoms with van der Waals surface area (Å²) in [5.74, 6) is 0.0832. The van der Waals surface area contributed by atoms with Crippen LogP contribution in [0.1, 0.15) is 5.56 Å². The molecule has 0 N–H and O–H groups in total. The molecule has 0 fully saturated rings. The van der Waals surface area contributed by atoms with E-state index in [-0.39, 0.29) is 18.3 Å². The van der Waals surface area contributed by atoms with E-state index in [4.69, 9.17) is 4.74 Å². The third-order valence-corrected chi connectivity index (χ3v) is 5.38. The summed E-state index contributed by atoms with van der Waals surface area (Å²) in [4.78, 5) is 19.1. The molecule has 0 saturated heterocycles. The summed E-state index contributed by atoms with van der Waals surface area (Å²) >= 11 is 1.28. The predicted octanol–water partition coefficient (Wildman–Crippen LogP) is 4.05. The third kappa shape index (κ3) is 4.60. The third-order valence-electron chi connectivity index (χ3n) is 4.33. The van der Waals surface area contributed by atoms with Crippen molar-refractivity contribution in [2.75, 3.05) is 18.1 Å². The van der Waals surface area contributed by atoms with Gasteiger partial charge in [0.05, 0.1) is 16.8 Å². The van der Waals surface area contributed by atoms with E-state index in [0.717, 1.165) is 5.56 Å². The lowest BCUT2D eigenvalue weighted by Crippen LogP contribution is -2.37. The quantitative estimate of drug-likeness (QED) is 0.461. The van der Waals surface area contributed by atoms with E-state index in [1.54, 1.807) is 21.8 Å². The van der Waals surface area contributed by atoms with Crippen molar-refractivity contribution in [3.8, 4) is 5.75 Å². The number of aryl methyl sites for hydroxylation is 1. The molecule has 0 aliphatic carbocycles. The van der Waals surface area contributed by atoms with E-state index in [0.29, 0.717) is 34.2 Å². The zero-order valence-corrected chi connectivity index (χ0v) is 16.6. The molecule has 2 aromatic heterocycles. The summed E-state index contributed by atoms with van der Waals surface area (Å²) in [7, 11) is 0. The first-order valence-corrected chi connectivity index (χ1v) is 9.93. The zero-order valence-electron chi connectivity index (χ0n) is 15.8. The van der Waals surface area contributed by atoms with Crippen molar-refractivity contribution in [2.45, 2.75) is 13.5 Å². The Morgan fingerprint density at radius 3 is 2.93 bits per heavy atom. The molecule has 2 aromatic carbocycles. The van der Waals surface area contributed by atoms with Gasteiger partial charge in [-0.05, 0) is 48.9 Å². The van der Waals surface area contributed by atoms with E-state index in [1.165, 1.54) is 23.5 Å². The van der Waals surface area contributed by atoms with Crippen LogP contribution in [-0.4, -0.2) is 33.8 Å². The number of carbonyl (C=O) groups is 1. The van der Waals surface area contributed by atoms with Gasteiger partial charge in [-0.25, -0.2) is 9.37 Å². The number of amides is 1. The van der Waals surface area contributed by atoms with Gasteiger partial charge in [0, 0.05) is 18.9 Å². The highest BCUT2D eigenvalue weighted by molar-refractivity contribution is 7.22. The SMILES string of the molecule is Cc1cccc(OCC(=O)N(CCn2cccn2)c2nc3ccc(F)cc3s2)c1. The van der Waals surface area contributed by atoms with E-state index >= 15 is 0 Å². The van der Waals surface area contributed by atoms with E-state index in [1.807, 2.05) is 43.5 Å². The molecule has 4 rings (SSSR count). The first kappa shape index (κ1) is 19.1. The highest BCUT2D eigenvalue weighted by Crippen LogP contribution is 2.29. The Kier molecular flexibility index (Phi) is 5.53. The average Bonchev–Trinajstić information content (AvgIpc) is 3.36. The van der Waals surface area contributed by atoms with Crippen LogP contribution in [0.2, 0.25) is 0 Å². The predicted molar refractivity (Wildman–Crippen MR) is 111 cm³/mol. The van der Waals surface area contributed by atoms with Crippen molar-refractivity contribution in [3.63, 3.8) is 0 Å². The summed E-state index contributed by atoms with van der Waals surface area (Å²) < 4.78 is 21.7. The number of halogens is 1. The van der Waals surface area contributed by atoms with Crippen LogP contribution in [0, 0.1) is 12.7 Å². The molecule has 2 heterocycles. The molecule has 0 saturated carbocycles. The molecule has 4 aromatic rings. The van der Waals surface area contributed by atoms with Gasteiger partial charge in [0.1, 0.15) is 11.6 Å². The van der Waals surface area contributed by atoms with Crippen LogP contribution in [0.4, 0.5) is 9.52 Å². The number of hydrogen-bond acceptors (Lipinski definition) is 5. The van der Waals surface area contributed by atoms with Crippen molar-refractivity contribution in [1.82, 2.24) is 14.8 Å². The fraction of sp³-hybridized carbons (Fsp3) is 0.190. The molecule has 1 amide bonds. The van der Waals surface area contributed by atoms with Crippen molar-refractivity contribution in [3.05, 3.63) is 72.3 Å². The highest BCUT2D eigenvalue weighted by atomic mass is 32.1. The molecular formula is C21H19FN4O2S. The first-order chi connectivity index (χ1) is 14.1. The lowest BCUT2D eigenvalue weighted by atomic mass is 10.2. The van der Waals surface area contributed by atoms with Gasteiger partial charge in [-0.3, -0.25) is 14.4 Å². The number of benzene rings is 2. The Balaban J connectivity index is 1.55. The van der Waals surface area contributed by atoms with Crippen LogP contribution in [0.25, 0.3) is 10.2 Å². The number of carbonyl (C=O) groups excluding carboxylic acids is 1. The van der Waals surface area contributed by atoms with E-state index in [2.05, 4.69) is 10.1 Å². The Morgan fingerprint density at radius 1 is 1.24 bits per heavy atom. The molecule has 8 heteroatoms. The van der Waals surface area contributed by atoms with Crippen LogP contribution in [-0.2, 0) is 11.3 Å². The molecule has 29 heavy (non-hydrogen) atoms. The molecule has 0 radical (unpaired) electrons. The number of thiazole rings is 1. The normalized spacial score (nSPS) is 11.0. The van der Waals surface area contributed by atoms with Crippen molar-refractivity contribution in [2.24, 2.45) is 0 Å². The zero-order chi connectivity index (χ0) is 20.2. The molecular weight excluding hydrogens is 391 g/mol. The molecule has 0 spiro atoms. The second kappa shape index (κ2) is 8.40. The van der Waals surface area contributed by atoms with Crippen LogP contribution in [0.3, 0.4) is 0 Å². The molecule has 148 valence electrons. The maximum atomic E-state index is 13.5. The monoisotopic (exact) mass is 410 g/mol. The summed E-state index contributed by atoms with van der Waals surface area (Å²) in [5, 5.41) is 4.69. The number of rotatable bonds is 7. The fourth-order valence-electron chi connectivity index (χ4n) is 2.89. The van der Waals surface area contributed by atoms with Gasteiger partial charge in [0.15, 0.2) is 11.7 Å². The highest BCUT2D eigenvalue weighted by Gasteiger charge is 2.21. The van der Waals surface area contributed by atoms with Gasteiger partial charge >= 0.3 is 0 Å². The van der Waals surface area contributed by atoms with Crippen LogP contribution in [0.5, 0.6) is 5.75 Å². The average molecular weight is 410 g/mol. The second-order valence-electron chi connectivity index (χ2n) is 6.53. The molecule has 0 bridgehead atoms. The summed E-state index contributed by atoms with van der Waals surface area (Å²) in [5.41, 5.74) is 1.71. The molecule has 0 aliphatic heterocycles. The number of nitrogens with zero attached hydrogens (tertiary/aromatic N) is 4. The fourth-order valence-corrected chi connectivity index (χ4v) is 3.93. The summed E-state index contributed by atoms with van der Waals surface area (Å²) in [6.45, 7) is 2.73. The van der Waals surface area contributed by atoms with Crippen molar-refractivity contribution < 1.29 is 13.9 Å². The topological polar surface area (TPSA) is 60.2 Å². The largest absolute Gasteiger partial charge is 0.484 e. The lowest BCUT2D eigenvalue weighted by Gasteiger charge is -2.20. The van der Waals surface area contributed by atoms with Gasteiger partial charge in [0.2, 0.25) is 0 Å². The smallest absolute Gasteiger partial charge is 0.266 e. The number of aromatic nitrogens is 3. The van der Waals surface area contributed by atoms with Crippen molar-refractivity contribution in [1.29, 1.82) is 0 Å². The van der Waals surface area contributed by atoms with E-state index in [9.17, 15) is 9.18 Å². The van der Waals surface area contributed by atoms with Crippen molar-refractivity contribution >= 4 is 32.6 Å². The molecule has 6 nitrogen and oxygen atoms in total. The van der Waals surface area contributed by atoms with Gasteiger partial charge < -0.3 is 4.74 Å². The molecule has 0 aliphatic rings. The minimum absolute atomic E-state index is 0.118. The Labute approximate surface area is 171 Å². The Morgan fingerprint density at radius 2 is 2.14 bits per heavy atom. The lowest BCUT2D eigenvalue weighted by molar-refractivity contribution is -0.120. The first-order valence-electron chi connectivity index (χ1n) is 9.12. The van der Waals surface area contributed by atoms with Gasteiger partial charge in [-0.1, -0.05) is 23.5 Å². The molecule has 0 unspecified atom stereocenters.